The van der Waals surface area contributed by atoms with Crippen LogP contribution in [0.3, 0.4) is 0 Å². The van der Waals surface area contributed by atoms with Crippen LogP contribution in [0.2, 0.25) is 5.02 Å². The Morgan fingerprint density at radius 1 is 1.13 bits per heavy atom. The fraction of sp³-hybridized carbons (Fsp3) is 0.333. The highest BCUT2D eigenvalue weighted by atomic mass is 35.5. The van der Waals surface area contributed by atoms with Crippen LogP contribution in [0.25, 0.3) is 0 Å². The molecule has 0 saturated carbocycles. The van der Waals surface area contributed by atoms with Crippen LogP contribution in [-0.4, -0.2) is 28.9 Å². The Bertz CT molecular complexity index is 966. The smallest absolute Gasteiger partial charge is 0.223 e. The molecule has 3 aromatic rings. The van der Waals surface area contributed by atoms with Gasteiger partial charge in [0.2, 0.25) is 5.91 Å². The summed E-state index contributed by atoms with van der Waals surface area (Å²) >= 11 is 7.76. The Hall–Kier alpha value is -2.21. The third kappa shape index (κ3) is 5.28. The van der Waals surface area contributed by atoms with Gasteiger partial charge in [0, 0.05) is 22.9 Å². The highest BCUT2D eigenvalue weighted by Crippen LogP contribution is 2.26. The molecule has 2 aromatic carbocycles. The number of hydrogen-bond donors (Lipinski definition) is 1. The van der Waals surface area contributed by atoms with E-state index in [0.717, 1.165) is 54.3 Å². The number of aromatic nitrogens is 1. The van der Waals surface area contributed by atoms with Gasteiger partial charge in [0.15, 0.2) is 0 Å². The third-order valence-corrected chi connectivity index (χ3v) is 6.71. The molecular weight excluding hydrogens is 414 g/mol. The highest BCUT2D eigenvalue weighted by molar-refractivity contribution is 7.09. The number of aryl methyl sites for hydroxylation is 1. The lowest BCUT2D eigenvalue weighted by Gasteiger charge is -2.32. The summed E-state index contributed by atoms with van der Waals surface area (Å²) < 4.78 is 0. The maximum atomic E-state index is 13.1. The van der Waals surface area contributed by atoms with Crippen molar-refractivity contribution in [2.45, 2.75) is 32.4 Å². The number of benzene rings is 2. The van der Waals surface area contributed by atoms with E-state index < -0.39 is 0 Å². The topological polar surface area (TPSA) is 45.2 Å². The highest BCUT2D eigenvalue weighted by Gasteiger charge is 2.27. The summed E-state index contributed by atoms with van der Waals surface area (Å²) in [4.78, 5) is 20.1. The van der Waals surface area contributed by atoms with Crippen LogP contribution in [-0.2, 0) is 11.3 Å². The van der Waals surface area contributed by atoms with Crippen LogP contribution in [0, 0.1) is 12.8 Å². The quantitative estimate of drug-likeness (QED) is 0.572. The molecule has 6 heteroatoms. The van der Waals surface area contributed by atoms with Crippen LogP contribution in [0.1, 0.15) is 40.7 Å². The van der Waals surface area contributed by atoms with E-state index in [4.69, 9.17) is 11.6 Å². The van der Waals surface area contributed by atoms with Crippen molar-refractivity contribution in [3.05, 3.63) is 86.8 Å². The minimum Gasteiger partial charge on any atom is -0.345 e. The summed E-state index contributed by atoms with van der Waals surface area (Å²) in [7, 11) is 0. The number of rotatable bonds is 6. The molecule has 2 heterocycles. The number of halogens is 1. The summed E-state index contributed by atoms with van der Waals surface area (Å²) in [5.41, 5.74) is 3.24. The van der Waals surface area contributed by atoms with Gasteiger partial charge in [-0.3, -0.25) is 9.69 Å². The first-order chi connectivity index (χ1) is 14.6. The zero-order valence-corrected chi connectivity index (χ0v) is 18.6. The lowest BCUT2D eigenvalue weighted by atomic mass is 9.93. The molecule has 1 unspecified atom stereocenters. The maximum Gasteiger partial charge on any atom is 0.223 e. The number of likely N-dealkylation sites (tertiary alicyclic amines) is 1. The molecule has 4 rings (SSSR count). The van der Waals surface area contributed by atoms with Gasteiger partial charge in [-0.15, -0.1) is 11.3 Å². The Labute approximate surface area is 186 Å². The number of amides is 1. The van der Waals surface area contributed by atoms with Gasteiger partial charge >= 0.3 is 0 Å². The number of thiazole rings is 1. The van der Waals surface area contributed by atoms with Gasteiger partial charge in [0.25, 0.3) is 0 Å². The fourth-order valence-corrected chi connectivity index (χ4v) is 4.71. The molecule has 1 saturated heterocycles. The van der Waals surface area contributed by atoms with E-state index in [1.54, 1.807) is 11.3 Å². The molecule has 1 aromatic heterocycles. The molecule has 4 nitrogen and oxygen atoms in total. The van der Waals surface area contributed by atoms with E-state index in [0.29, 0.717) is 5.02 Å². The number of piperidine rings is 1. The SMILES string of the molecule is Cc1nc(CN2CCC(C(=O)NC(c3ccccc3)c3ccc(Cl)cc3)CC2)cs1. The van der Waals surface area contributed by atoms with Crippen molar-refractivity contribution in [3.8, 4) is 0 Å². The van der Waals surface area contributed by atoms with Crippen molar-refractivity contribution in [1.29, 1.82) is 0 Å². The maximum absolute atomic E-state index is 13.1. The molecule has 1 amide bonds. The average molecular weight is 440 g/mol. The van der Waals surface area contributed by atoms with Crippen molar-refractivity contribution >= 4 is 28.8 Å². The molecule has 0 spiro atoms. The number of nitrogens with zero attached hydrogens (tertiary/aromatic N) is 2. The average Bonchev–Trinajstić information content (AvgIpc) is 3.18. The third-order valence-electron chi connectivity index (χ3n) is 5.63. The van der Waals surface area contributed by atoms with Crippen LogP contribution in [0.15, 0.2) is 60.0 Å². The van der Waals surface area contributed by atoms with Crippen molar-refractivity contribution < 1.29 is 4.79 Å². The first kappa shape index (κ1) is 21.0. The van der Waals surface area contributed by atoms with Crippen molar-refractivity contribution in [1.82, 2.24) is 15.2 Å². The van der Waals surface area contributed by atoms with Crippen LogP contribution in [0.4, 0.5) is 0 Å². The number of carbonyl (C=O) groups excluding carboxylic acids is 1. The monoisotopic (exact) mass is 439 g/mol. The van der Waals surface area contributed by atoms with Gasteiger partial charge in [-0.25, -0.2) is 4.98 Å². The van der Waals surface area contributed by atoms with Crippen LogP contribution < -0.4 is 5.32 Å². The Morgan fingerprint density at radius 3 is 2.43 bits per heavy atom. The lowest BCUT2D eigenvalue weighted by molar-refractivity contribution is -0.127. The summed E-state index contributed by atoms with van der Waals surface area (Å²) in [6.45, 7) is 4.75. The predicted octanol–water partition coefficient (Wildman–Crippen LogP) is 5.22. The van der Waals surface area contributed by atoms with Crippen LogP contribution >= 0.6 is 22.9 Å². The summed E-state index contributed by atoms with van der Waals surface area (Å²) in [6.07, 6.45) is 1.74. The van der Waals surface area contributed by atoms with Gasteiger partial charge in [-0.05, 0) is 56.1 Å². The molecule has 0 bridgehead atoms. The minimum absolute atomic E-state index is 0.0388. The Balaban J connectivity index is 1.40. The Morgan fingerprint density at radius 2 is 1.80 bits per heavy atom. The van der Waals surface area contributed by atoms with Gasteiger partial charge in [-0.2, -0.15) is 0 Å². The summed E-state index contributed by atoms with van der Waals surface area (Å²) in [6, 6.07) is 17.6. The minimum atomic E-state index is -0.174. The second kappa shape index (κ2) is 9.73. The van der Waals surface area contributed by atoms with E-state index in [9.17, 15) is 4.79 Å². The number of hydrogen-bond acceptors (Lipinski definition) is 4. The zero-order chi connectivity index (χ0) is 20.9. The number of nitrogens with one attached hydrogen (secondary N) is 1. The van der Waals surface area contributed by atoms with E-state index in [2.05, 4.69) is 32.7 Å². The lowest BCUT2D eigenvalue weighted by Crippen LogP contribution is -2.41. The molecule has 1 aliphatic heterocycles. The van der Waals surface area contributed by atoms with Gasteiger partial charge in [0.05, 0.1) is 16.7 Å². The Kier molecular flexibility index (Phi) is 6.82. The molecule has 1 aliphatic rings. The second-order valence-corrected chi connectivity index (χ2v) is 9.31. The molecule has 1 N–H and O–H groups in total. The normalized spacial score (nSPS) is 16.3. The largest absolute Gasteiger partial charge is 0.345 e. The molecule has 1 atom stereocenters. The van der Waals surface area contributed by atoms with Gasteiger partial charge < -0.3 is 5.32 Å². The van der Waals surface area contributed by atoms with E-state index in [1.807, 2.05) is 49.4 Å². The number of carbonyl (C=O) groups is 1. The predicted molar refractivity (Wildman–Crippen MR) is 123 cm³/mol. The molecule has 156 valence electrons. The van der Waals surface area contributed by atoms with Crippen molar-refractivity contribution in [3.63, 3.8) is 0 Å². The van der Waals surface area contributed by atoms with Crippen LogP contribution in [0.5, 0.6) is 0 Å². The first-order valence-electron chi connectivity index (χ1n) is 10.3. The van der Waals surface area contributed by atoms with Crippen molar-refractivity contribution in [2.75, 3.05) is 13.1 Å². The molecule has 0 aliphatic carbocycles. The fourth-order valence-electron chi connectivity index (χ4n) is 3.98. The molecule has 30 heavy (non-hydrogen) atoms. The standard InChI is InChI=1S/C24H26ClN3OS/c1-17-26-22(16-30-17)15-28-13-11-20(12-14-28)24(29)27-23(18-5-3-2-4-6-18)19-7-9-21(25)10-8-19/h2-10,16,20,23H,11-15H2,1H3,(H,27,29). The zero-order valence-electron chi connectivity index (χ0n) is 17.1. The molecule has 0 radical (unpaired) electrons. The van der Waals surface area contributed by atoms with E-state index in [-0.39, 0.29) is 17.9 Å². The second-order valence-electron chi connectivity index (χ2n) is 7.81. The van der Waals surface area contributed by atoms with E-state index >= 15 is 0 Å². The summed E-state index contributed by atoms with van der Waals surface area (Å²) in [5.74, 6) is 0.167. The van der Waals surface area contributed by atoms with Gasteiger partial charge in [-0.1, -0.05) is 54.1 Å². The van der Waals surface area contributed by atoms with E-state index in [1.165, 1.54) is 0 Å². The molecular formula is C24H26ClN3OS. The first-order valence-corrected chi connectivity index (χ1v) is 11.6. The summed E-state index contributed by atoms with van der Waals surface area (Å²) in [5, 5.41) is 7.22. The van der Waals surface area contributed by atoms with Gasteiger partial charge in [0.1, 0.15) is 0 Å². The van der Waals surface area contributed by atoms with Crippen molar-refractivity contribution in [2.24, 2.45) is 5.92 Å². The molecule has 1 fully saturated rings.